The topological polar surface area (TPSA) is 128 Å². The summed E-state index contributed by atoms with van der Waals surface area (Å²) in [5, 5.41) is 37.6. The summed E-state index contributed by atoms with van der Waals surface area (Å²) in [5.74, 6) is -3.85. The number of phenolic OH excluding ortho intramolecular Hbond substituents is 1. The fourth-order valence-electron chi connectivity index (χ4n) is 2.05. The summed E-state index contributed by atoms with van der Waals surface area (Å²) >= 11 is 6.05. The number of nitrogens with zero attached hydrogens (tertiary/aromatic N) is 1. The van der Waals surface area contributed by atoms with Crippen molar-refractivity contribution in [3.63, 3.8) is 0 Å². The highest BCUT2D eigenvalue weighted by atomic mass is 35.5. The quantitative estimate of drug-likeness (QED) is 0.403. The van der Waals surface area contributed by atoms with E-state index in [1.807, 2.05) is 6.07 Å². The Balaban J connectivity index is 2.27. The Bertz CT molecular complexity index is 945. The Hall–Kier alpha value is -3.50. The van der Waals surface area contributed by atoms with Crippen molar-refractivity contribution in [2.75, 3.05) is 0 Å². The molecule has 0 amide bonds. The smallest absolute Gasteiger partial charge is 0.376 e. The number of benzene rings is 2. The van der Waals surface area contributed by atoms with Gasteiger partial charge in [-0.15, -0.1) is 0 Å². The molecule has 0 saturated carbocycles. The molecule has 132 valence electrons. The van der Waals surface area contributed by atoms with Gasteiger partial charge in [-0.3, -0.25) is 4.79 Å². The van der Waals surface area contributed by atoms with E-state index < -0.39 is 17.5 Å². The predicted octanol–water partition coefficient (Wildman–Crippen LogP) is 3.05. The van der Waals surface area contributed by atoms with Gasteiger partial charge < -0.3 is 20.1 Å². The average Bonchev–Trinajstić information content (AvgIpc) is 2.59. The predicted molar refractivity (Wildman–Crippen MR) is 91.9 cm³/mol. The first kappa shape index (κ1) is 18.8. The van der Waals surface area contributed by atoms with Crippen LogP contribution >= 0.6 is 11.6 Å². The van der Waals surface area contributed by atoms with Crippen molar-refractivity contribution in [1.29, 1.82) is 5.26 Å². The monoisotopic (exact) mass is 373 g/mol. The number of carbonyl (C=O) groups is 2. The highest BCUT2D eigenvalue weighted by molar-refractivity contribution is 6.38. The second-order valence-electron chi connectivity index (χ2n) is 5.08. The first-order valence-corrected chi connectivity index (χ1v) is 7.52. The maximum absolute atomic E-state index is 11.1. The molecule has 0 fully saturated rings. The second kappa shape index (κ2) is 8.05. The van der Waals surface area contributed by atoms with E-state index in [4.69, 9.17) is 26.7 Å². The molecule has 3 N–H and O–H groups in total. The molecule has 0 atom stereocenters. The van der Waals surface area contributed by atoms with Crippen molar-refractivity contribution in [3.8, 4) is 17.6 Å². The van der Waals surface area contributed by atoms with Crippen molar-refractivity contribution in [1.82, 2.24) is 0 Å². The number of carbonyl (C=O) groups excluding carboxylic acids is 1. The minimum absolute atomic E-state index is 0.0192. The van der Waals surface area contributed by atoms with Gasteiger partial charge in [-0.2, -0.15) is 5.26 Å². The molecule has 0 aliphatic carbocycles. The summed E-state index contributed by atoms with van der Waals surface area (Å²) in [6.45, 7) is -0.0794. The molecule has 0 aliphatic rings. The molecule has 2 aromatic rings. The number of hydrogen-bond donors (Lipinski definition) is 3. The number of halogens is 1. The second-order valence-corrected chi connectivity index (χ2v) is 5.49. The Morgan fingerprint density at radius 1 is 1.23 bits per heavy atom. The van der Waals surface area contributed by atoms with Gasteiger partial charge in [-0.1, -0.05) is 17.7 Å². The molecule has 0 aliphatic heterocycles. The number of aliphatic carboxylic acids is 1. The summed E-state index contributed by atoms with van der Waals surface area (Å²) in [5.41, 5.74) is 0.754. The van der Waals surface area contributed by atoms with Gasteiger partial charge in [0.1, 0.15) is 23.9 Å². The number of hydrogen-bond acceptors (Lipinski definition) is 6. The number of ketones is 1. The largest absolute Gasteiger partial charge is 0.508 e. The summed E-state index contributed by atoms with van der Waals surface area (Å²) in [7, 11) is 0. The van der Waals surface area contributed by atoms with E-state index in [-0.39, 0.29) is 23.7 Å². The number of aliphatic hydroxyl groups excluding tert-OH is 1. The van der Waals surface area contributed by atoms with E-state index in [2.05, 4.69) is 0 Å². The van der Waals surface area contributed by atoms with E-state index in [0.717, 1.165) is 6.07 Å². The highest BCUT2D eigenvalue weighted by Crippen LogP contribution is 2.27. The summed E-state index contributed by atoms with van der Waals surface area (Å²) in [4.78, 5) is 21.7. The van der Waals surface area contributed by atoms with Gasteiger partial charge >= 0.3 is 5.97 Å². The van der Waals surface area contributed by atoms with E-state index in [9.17, 15) is 19.8 Å². The van der Waals surface area contributed by atoms with Crippen LogP contribution in [0.15, 0.2) is 42.5 Å². The molecular weight excluding hydrogens is 362 g/mol. The van der Waals surface area contributed by atoms with E-state index >= 15 is 0 Å². The zero-order chi connectivity index (χ0) is 19.3. The number of carboxylic acids is 1. The molecule has 7 nitrogen and oxygen atoms in total. The third kappa shape index (κ3) is 4.53. The molecule has 0 unspecified atom stereocenters. The van der Waals surface area contributed by atoms with Gasteiger partial charge in [0, 0.05) is 28.3 Å². The fraction of sp³-hybridized carbons (Fsp3) is 0.0556. The molecule has 2 aromatic carbocycles. The number of aromatic hydroxyl groups is 1. The molecule has 0 spiro atoms. The lowest BCUT2D eigenvalue weighted by atomic mass is 10.1. The number of carboxylic acid groups (broad SMARTS) is 1. The fourth-order valence-corrected chi connectivity index (χ4v) is 2.28. The number of phenols is 1. The standard InChI is InChI=1S/C18H12ClNO6/c19-15-3-1-2-10(8-20)14(15)9-26-13-5-11(4-12(21)6-13)16(22)7-17(23)18(24)25/h1-7,21-22H,9H2,(H,24,25)/b16-7-. The van der Waals surface area contributed by atoms with Gasteiger partial charge in [0.2, 0.25) is 0 Å². The zero-order valence-electron chi connectivity index (χ0n) is 13.1. The molecule has 2 rings (SSSR count). The molecular formula is C18H12ClNO6. The number of aliphatic hydroxyl groups is 1. The van der Waals surface area contributed by atoms with Crippen LogP contribution in [0.4, 0.5) is 0 Å². The molecule has 26 heavy (non-hydrogen) atoms. The Morgan fingerprint density at radius 3 is 2.62 bits per heavy atom. The van der Waals surface area contributed by atoms with Crippen LogP contribution in [0.3, 0.4) is 0 Å². The lowest BCUT2D eigenvalue weighted by Gasteiger charge is -2.11. The molecule has 0 saturated heterocycles. The minimum Gasteiger partial charge on any atom is -0.508 e. The van der Waals surface area contributed by atoms with Crippen LogP contribution in [0.1, 0.15) is 16.7 Å². The van der Waals surface area contributed by atoms with Crippen LogP contribution in [-0.2, 0) is 16.2 Å². The SMILES string of the molecule is N#Cc1cccc(Cl)c1COc1cc(O)cc(/C(O)=C/C(=O)C(=O)O)c1. The maximum Gasteiger partial charge on any atom is 0.376 e. The van der Waals surface area contributed by atoms with Crippen molar-refractivity contribution in [3.05, 3.63) is 64.2 Å². The minimum atomic E-state index is -1.73. The zero-order valence-corrected chi connectivity index (χ0v) is 13.9. The number of rotatable bonds is 6. The summed E-state index contributed by atoms with van der Waals surface area (Å²) in [6.07, 6.45) is 0.517. The first-order valence-electron chi connectivity index (χ1n) is 7.14. The number of ether oxygens (including phenoxy) is 1. The lowest BCUT2D eigenvalue weighted by Crippen LogP contribution is -2.09. The first-order chi connectivity index (χ1) is 12.3. The molecule has 0 radical (unpaired) electrons. The van der Waals surface area contributed by atoms with Crippen LogP contribution in [0.2, 0.25) is 5.02 Å². The van der Waals surface area contributed by atoms with Gasteiger partial charge in [0.05, 0.1) is 11.6 Å². The molecule has 0 aromatic heterocycles. The third-order valence-electron chi connectivity index (χ3n) is 3.29. The molecule has 0 heterocycles. The highest BCUT2D eigenvalue weighted by Gasteiger charge is 2.13. The van der Waals surface area contributed by atoms with E-state index in [0.29, 0.717) is 22.2 Å². The van der Waals surface area contributed by atoms with E-state index in [1.165, 1.54) is 12.1 Å². The van der Waals surface area contributed by atoms with Crippen molar-refractivity contribution >= 4 is 29.1 Å². The van der Waals surface area contributed by atoms with Crippen LogP contribution in [0, 0.1) is 11.3 Å². The van der Waals surface area contributed by atoms with Crippen LogP contribution in [0.25, 0.3) is 5.76 Å². The Labute approximate surface area is 153 Å². The third-order valence-corrected chi connectivity index (χ3v) is 3.64. The summed E-state index contributed by atoms with van der Waals surface area (Å²) < 4.78 is 5.50. The maximum atomic E-state index is 11.1. The van der Waals surface area contributed by atoms with Crippen LogP contribution in [0.5, 0.6) is 11.5 Å². The molecule has 0 bridgehead atoms. The number of nitriles is 1. The molecule has 8 heteroatoms. The van der Waals surface area contributed by atoms with Gasteiger partial charge in [-0.25, -0.2) is 4.79 Å². The normalized spacial score (nSPS) is 10.8. The van der Waals surface area contributed by atoms with Gasteiger partial charge in [0.25, 0.3) is 5.78 Å². The lowest BCUT2D eigenvalue weighted by molar-refractivity contribution is -0.146. The van der Waals surface area contributed by atoms with Crippen molar-refractivity contribution in [2.24, 2.45) is 0 Å². The van der Waals surface area contributed by atoms with Crippen molar-refractivity contribution < 1.29 is 29.6 Å². The van der Waals surface area contributed by atoms with Crippen LogP contribution < -0.4 is 4.74 Å². The summed E-state index contributed by atoms with van der Waals surface area (Å²) in [6, 6.07) is 10.5. The average molecular weight is 374 g/mol. The van der Waals surface area contributed by atoms with Crippen molar-refractivity contribution in [2.45, 2.75) is 6.61 Å². The van der Waals surface area contributed by atoms with Gasteiger partial charge in [-0.05, 0) is 24.3 Å². The van der Waals surface area contributed by atoms with Crippen LogP contribution in [-0.4, -0.2) is 27.1 Å². The Morgan fingerprint density at radius 2 is 1.96 bits per heavy atom. The van der Waals surface area contributed by atoms with Gasteiger partial charge in [0.15, 0.2) is 0 Å². The Kier molecular flexibility index (Phi) is 5.83. The van der Waals surface area contributed by atoms with E-state index in [1.54, 1.807) is 18.2 Å².